The molecule has 0 aromatic heterocycles. The topological polar surface area (TPSA) is 95.9 Å². The number of aliphatic hydroxyl groups is 2. The van der Waals surface area contributed by atoms with Crippen molar-refractivity contribution in [1.29, 1.82) is 0 Å². The molecule has 2 unspecified atom stereocenters. The van der Waals surface area contributed by atoms with Gasteiger partial charge in [0.2, 0.25) is 5.91 Å². The van der Waals surface area contributed by atoms with Gasteiger partial charge in [-0.15, -0.1) is 0 Å². The standard InChI is InChI=1S/C71H137NO5/c1-3-5-7-9-11-13-15-17-19-21-28-33-37-41-45-49-53-57-61-65-71(76)77-66-62-58-54-50-46-42-38-34-30-27-25-23-24-26-29-32-36-40-44-48-52-56-60-64-70(75)72-68(67-73)69(74)63-59-55-51-47-43-39-35-31-22-20-18-16-14-12-10-8-6-4-2/h17,19,59,63,68-69,73-74H,3-16,18,20-58,60-62,64-67H2,1-2H3,(H,72,75)/b19-17-,63-59+. The van der Waals surface area contributed by atoms with Crippen LogP contribution in [-0.4, -0.2) is 47.4 Å². The lowest BCUT2D eigenvalue weighted by Gasteiger charge is -2.20. The zero-order valence-corrected chi connectivity index (χ0v) is 52.2. The van der Waals surface area contributed by atoms with Crippen LogP contribution in [0.15, 0.2) is 24.3 Å². The van der Waals surface area contributed by atoms with Gasteiger partial charge in [0.1, 0.15) is 0 Å². The number of unbranched alkanes of at least 4 members (excludes halogenated alkanes) is 53. The van der Waals surface area contributed by atoms with Crippen molar-refractivity contribution in [1.82, 2.24) is 5.32 Å². The van der Waals surface area contributed by atoms with Crippen LogP contribution in [0.25, 0.3) is 0 Å². The van der Waals surface area contributed by atoms with E-state index in [1.54, 1.807) is 6.08 Å². The second kappa shape index (κ2) is 66.8. The number of nitrogens with one attached hydrogen (secondary N) is 1. The molecule has 0 saturated heterocycles. The maximum absolute atomic E-state index is 12.5. The van der Waals surface area contributed by atoms with Crippen molar-refractivity contribution in [3.63, 3.8) is 0 Å². The Balaban J connectivity index is 3.38. The van der Waals surface area contributed by atoms with Gasteiger partial charge in [0.15, 0.2) is 0 Å². The van der Waals surface area contributed by atoms with Crippen LogP contribution in [0.2, 0.25) is 0 Å². The number of allylic oxidation sites excluding steroid dienone is 3. The summed E-state index contributed by atoms with van der Waals surface area (Å²) in [4.78, 5) is 24.6. The van der Waals surface area contributed by atoms with E-state index in [0.717, 1.165) is 44.9 Å². The third-order valence-electron chi connectivity index (χ3n) is 16.5. The molecule has 0 aromatic rings. The van der Waals surface area contributed by atoms with Gasteiger partial charge in [0.05, 0.1) is 25.4 Å². The Bertz CT molecular complexity index is 1200. The van der Waals surface area contributed by atoms with Gasteiger partial charge in [-0.3, -0.25) is 9.59 Å². The van der Waals surface area contributed by atoms with E-state index in [9.17, 15) is 19.8 Å². The maximum atomic E-state index is 12.5. The highest BCUT2D eigenvalue weighted by Gasteiger charge is 2.18. The van der Waals surface area contributed by atoms with E-state index in [2.05, 4.69) is 31.3 Å². The highest BCUT2D eigenvalue weighted by Crippen LogP contribution is 2.19. The molecule has 0 heterocycles. The Hall–Kier alpha value is -1.66. The van der Waals surface area contributed by atoms with Gasteiger partial charge in [0.25, 0.3) is 0 Å². The SMILES string of the molecule is CCCCCCCC/C=C\CCCCCCCCCCCC(=O)OCCCCCCCCCCCCCCCCCCCCCCCCCC(=O)NC(CO)C(O)/C=C/CCCCCCCCCCCCCCCCCC. The molecule has 6 heteroatoms. The molecule has 0 radical (unpaired) electrons. The summed E-state index contributed by atoms with van der Waals surface area (Å²) in [5.74, 6) is -0.0497. The summed E-state index contributed by atoms with van der Waals surface area (Å²) in [7, 11) is 0. The minimum absolute atomic E-state index is 0.0143. The number of ether oxygens (including phenoxy) is 1. The predicted octanol–water partition coefficient (Wildman–Crippen LogP) is 22.5. The van der Waals surface area contributed by atoms with Gasteiger partial charge in [-0.1, -0.05) is 346 Å². The molecule has 0 aliphatic rings. The van der Waals surface area contributed by atoms with Crippen molar-refractivity contribution in [2.45, 2.75) is 405 Å². The highest BCUT2D eigenvalue weighted by molar-refractivity contribution is 5.76. The zero-order chi connectivity index (χ0) is 55.7. The number of carbonyl (C=O) groups is 2. The van der Waals surface area contributed by atoms with Gasteiger partial charge in [0, 0.05) is 12.8 Å². The molecular weight excluding hydrogens is 947 g/mol. The second-order valence-electron chi connectivity index (χ2n) is 24.2. The number of carbonyl (C=O) groups excluding carboxylic acids is 2. The van der Waals surface area contributed by atoms with Crippen LogP contribution in [0.4, 0.5) is 0 Å². The predicted molar refractivity (Wildman–Crippen MR) is 338 cm³/mol. The van der Waals surface area contributed by atoms with Crippen molar-refractivity contribution < 1.29 is 24.5 Å². The summed E-state index contributed by atoms with van der Waals surface area (Å²) in [5.41, 5.74) is 0. The number of amides is 1. The minimum Gasteiger partial charge on any atom is -0.466 e. The lowest BCUT2D eigenvalue weighted by molar-refractivity contribution is -0.143. The van der Waals surface area contributed by atoms with Gasteiger partial charge in [-0.25, -0.2) is 0 Å². The number of esters is 1. The zero-order valence-electron chi connectivity index (χ0n) is 52.2. The molecule has 456 valence electrons. The summed E-state index contributed by atoms with van der Waals surface area (Å²) in [5, 5.41) is 23.2. The molecule has 1 amide bonds. The summed E-state index contributed by atoms with van der Waals surface area (Å²) < 4.78 is 5.51. The van der Waals surface area contributed by atoms with E-state index in [-0.39, 0.29) is 18.5 Å². The normalized spacial score (nSPS) is 12.6. The lowest BCUT2D eigenvalue weighted by Crippen LogP contribution is -2.45. The third-order valence-corrected chi connectivity index (χ3v) is 16.5. The quantitative estimate of drug-likeness (QED) is 0.0320. The molecule has 0 bridgehead atoms. The number of aliphatic hydroxyl groups excluding tert-OH is 2. The van der Waals surface area contributed by atoms with Crippen molar-refractivity contribution in [2.24, 2.45) is 0 Å². The third kappa shape index (κ3) is 63.4. The Morgan fingerprint density at radius 1 is 0.351 bits per heavy atom. The fourth-order valence-electron chi connectivity index (χ4n) is 11.1. The van der Waals surface area contributed by atoms with Crippen molar-refractivity contribution in [2.75, 3.05) is 13.2 Å². The first-order chi connectivity index (χ1) is 38.0. The second-order valence-corrected chi connectivity index (χ2v) is 24.2. The molecule has 0 saturated carbocycles. The van der Waals surface area contributed by atoms with Gasteiger partial charge in [-0.2, -0.15) is 0 Å². The van der Waals surface area contributed by atoms with Crippen LogP contribution in [0.3, 0.4) is 0 Å². The smallest absolute Gasteiger partial charge is 0.305 e. The molecule has 0 aliphatic carbocycles. The minimum atomic E-state index is -0.844. The number of hydrogen-bond donors (Lipinski definition) is 3. The first-order valence-electron chi connectivity index (χ1n) is 35.1. The average molecular weight is 1080 g/mol. The number of hydrogen-bond acceptors (Lipinski definition) is 5. The molecule has 6 nitrogen and oxygen atoms in total. The van der Waals surface area contributed by atoms with Crippen LogP contribution < -0.4 is 5.32 Å². The Morgan fingerprint density at radius 3 is 0.922 bits per heavy atom. The first-order valence-corrected chi connectivity index (χ1v) is 35.1. The van der Waals surface area contributed by atoms with Crippen LogP contribution in [-0.2, 0) is 14.3 Å². The molecule has 3 N–H and O–H groups in total. The first kappa shape index (κ1) is 75.3. The summed E-state index contributed by atoms with van der Waals surface area (Å²) >= 11 is 0. The molecule has 0 spiro atoms. The lowest BCUT2D eigenvalue weighted by atomic mass is 10.0. The van der Waals surface area contributed by atoms with Crippen molar-refractivity contribution in [3.05, 3.63) is 24.3 Å². The van der Waals surface area contributed by atoms with Gasteiger partial charge < -0.3 is 20.3 Å². The Labute approximate surface area is 481 Å². The van der Waals surface area contributed by atoms with Crippen molar-refractivity contribution >= 4 is 11.9 Å². The van der Waals surface area contributed by atoms with Crippen LogP contribution in [0.5, 0.6) is 0 Å². The monoisotopic (exact) mass is 1080 g/mol. The Morgan fingerprint density at radius 2 is 0.610 bits per heavy atom. The van der Waals surface area contributed by atoms with E-state index in [4.69, 9.17) is 4.74 Å². The van der Waals surface area contributed by atoms with Crippen LogP contribution in [0, 0.1) is 0 Å². The fourth-order valence-corrected chi connectivity index (χ4v) is 11.1. The summed E-state index contributed by atoms with van der Waals surface area (Å²) in [6.45, 7) is 4.94. The van der Waals surface area contributed by atoms with E-state index >= 15 is 0 Å². The fraction of sp³-hybridized carbons (Fsp3) is 0.915. The van der Waals surface area contributed by atoms with Gasteiger partial charge in [-0.05, 0) is 57.8 Å². The maximum Gasteiger partial charge on any atom is 0.305 e. The van der Waals surface area contributed by atoms with Crippen LogP contribution >= 0.6 is 0 Å². The number of rotatable bonds is 66. The molecule has 77 heavy (non-hydrogen) atoms. The molecule has 0 fully saturated rings. The summed E-state index contributed by atoms with van der Waals surface area (Å²) in [6.07, 6.45) is 83.9. The average Bonchev–Trinajstić information content (AvgIpc) is 3.43. The van der Waals surface area contributed by atoms with E-state index in [0.29, 0.717) is 19.4 Å². The van der Waals surface area contributed by atoms with Crippen molar-refractivity contribution in [3.8, 4) is 0 Å². The molecule has 0 aliphatic heterocycles. The highest BCUT2D eigenvalue weighted by atomic mass is 16.5. The molecular formula is C71H137NO5. The van der Waals surface area contributed by atoms with Crippen LogP contribution in [0.1, 0.15) is 393 Å². The van der Waals surface area contributed by atoms with E-state index in [1.165, 1.54) is 321 Å². The molecule has 2 atom stereocenters. The molecule has 0 aromatic carbocycles. The van der Waals surface area contributed by atoms with Gasteiger partial charge >= 0.3 is 5.97 Å². The molecule has 0 rings (SSSR count). The summed E-state index contributed by atoms with van der Waals surface area (Å²) in [6, 6.07) is -0.628. The largest absolute Gasteiger partial charge is 0.466 e. The van der Waals surface area contributed by atoms with E-state index < -0.39 is 12.1 Å². The Kier molecular flexibility index (Phi) is 65.4. The van der Waals surface area contributed by atoms with E-state index in [1.807, 2.05) is 6.08 Å².